The second-order valence-electron chi connectivity index (χ2n) is 2.50. The summed E-state index contributed by atoms with van der Waals surface area (Å²) < 4.78 is 4.93. The maximum absolute atomic E-state index is 8.28. The van der Waals surface area contributed by atoms with Gasteiger partial charge in [0, 0.05) is 19.0 Å². The van der Waals surface area contributed by atoms with Gasteiger partial charge in [0.25, 0.3) is 0 Å². The quantitative estimate of drug-likeness (QED) is 0.682. The molecule has 0 aliphatic heterocycles. The van der Waals surface area contributed by atoms with Crippen molar-refractivity contribution in [2.24, 2.45) is 0 Å². The van der Waals surface area contributed by atoms with Crippen molar-refractivity contribution in [3.63, 3.8) is 0 Å². The van der Waals surface area contributed by atoms with Crippen molar-refractivity contribution < 1.29 is 4.52 Å². The molecule has 1 aromatic heterocycles. The smallest absolute Gasteiger partial charge is 0.153 e. The Hall–Kier alpha value is -1.34. The third kappa shape index (κ3) is 2.36. The number of nitriles is 1. The largest absolute Gasteiger partial charge is 0.360 e. The van der Waals surface area contributed by atoms with Crippen LogP contribution in [0.1, 0.15) is 25.1 Å². The molecule has 64 valence electrons. The van der Waals surface area contributed by atoms with Gasteiger partial charge in [-0.2, -0.15) is 5.26 Å². The average molecular weight is 165 g/mol. The van der Waals surface area contributed by atoms with Crippen molar-refractivity contribution in [3.8, 4) is 6.07 Å². The predicted molar refractivity (Wildman–Crippen MR) is 43.2 cm³/mol. The van der Waals surface area contributed by atoms with E-state index in [0.29, 0.717) is 13.0 Å². The first-order chi connectivity index (χ1) is 5.84. The van der Waals surface area contributed by atoms with Crippen LogP contribution in [-0.2, 0) is 0 Å². The van der Waals surface area contributed by atoms with Gasteiger partial charge in [-0.1, -0.05) is 5.16 Å². The van der Waals surface area contributed by atoms with Gasteiger partial charge >= 0.3 is 0 Å². The summed E-state index contributed by atoms with van der Waals surface area (Å²) in [5.41, 5.74) is 0. The van der Waals surface area contributed by atoms with Crippen molar-refractivity contribution >= 4 is 0 Å². The van der Waals surface area contributed by atoms with E-state index in [1.54, 1.807) is 6.20 Å². The van der Waals surface area contributed by atoms with Gasteiger partial charge < -0.3 is 9.84 Å². The van der Waals surface area contributed by atoms with Crippen LogP contribution in [0.5, 0.6) is 0 Å². The zero-order valence-electron chi connectivity index (χ0n) is 6.95. The Labute approximate surface area is 71.2 Å². The second kappa shape index (κ2) is 4.52. The SMILES string of the molecule is CC(NCCC#N)c1ccno1. The van der Waals surface area contributed by atoms with Crippen molar-refractivity contribution in [2.75, 3.05) is 6.54 Å². The highest BCUT2D eigenvalue weighted by Crippen LogP contribution is 2.09. The van der Waals surface area contributed by atoms with Crippen molar-refractivity contribution in [3.05, 3.63) is 18.0 Å². The highest BCUT2D eigenvalue weighted by Gasteiger charge is 2.06. The molecule has 0 aliphatic rings. The van der Waals surface area contributed by atoms with Crippen LogP contribution in [0.4, 0.5) is 0 Å². The molecule has 0 saturated heterocycles. The summed E-state index contributed by atoms with van der Waals surface area (Å²) >= 11 is 0. The fourth-order valence-electron chi connectivity index (χ4n) is 0.894. The van der Waals surface area contributed by atoms with Gasteiger partial charge in [0.15, 0.2) is 5.76 Å². The molecule has 0 aliphatic carbocycles. The molecule has 1 rings (SSSR count). The van der Waals surface area contributed by atoms with Gasteiger partial charge in [-0.3, -0.25) is 0 Å². The van der Waals surface area contributed by atoms with Crippen LogP contribution in [0.2, 0.25) is 0 Å². The lowest BCUT2D eigenvalue weighted by Gasteiger charge is -2.07. The normalized spacial score (nSPS) is 12.3. The third-order valence-corrected chi connectivity index (χ3v) is 1.57. The van der Waals surface area contributed by atoms with E-state index < -0.39 is 0 Å². The monoisotopic (exact) mass is 165 g/mol. The Balaban J connectivity index is 2.30. The molecule has 12 heavy (non-hydrogen) atoms. The molecule has 0 saturated carbocycles. The topological polar surface area (TPSA) is 61.9 Å². The van der Waals surface area contributed by atoms with E-state index in [2.05, 4.69) is 16.5 Å². The average Bonchev–Trinajstić information content (AvgIpc) is 2.56. The van der Waals surface area contributed by atoms with Crippen molar-refractivity contribution in [2.45, 2.75) is 19.4 Å². The molecule has 1 unspecified atom stereocenters. The molecule has 1 aromatic rings. The molecule has 0 bridgehead atoms. The minimum atomic E-state index is 0.126. The van der Waals surface area contributed by atoms with Crippen LogP contribution >= 0.6 is 0 Å². The molecular weight excluding hydrogens is 154 g/mol. The van der Waals surface area contributed by atoms with E-state index in [9.17, 15) is 0 Å². The van der Waals surface area contributed by atoms with Crippen LogP contribution in [0.25, 0.3) is 0 Å². The Bertz CT molecular complexity index is 250. The lowest BCUT2D eigenvalue weighted by molar-refractivity contribution is 0.348. The van der Waals surface area contributed by atoms with Crippen LogP contribution in [0, 0.1) is 11.3 Å². The van der Waals surface area contributed by atoms with E-state index in [1.165, 1.54) is 0 Å². The van der Waals surface area contributed by atoms with Crippen LogP contribution in [-0.4, -0.2) is 11.7 Å². The maximum atomic E-state index is 8.28. The van der Waals surface area contributed by atoms with Gasteiger partial charge in [-0.25, -0.2) is 0 Å². The first kappa shape index (κ1) is 8.75. The van der Waals surface area contributed by atoms with E-state index in [0.717, 1.165) is 5.76 Å². The molecule has 4 heteroatoms. The summed E-state index contributed by atoms with van der Waals surface area (Å²) in [5.74, 6) is 0.799. The van der Waals surface area contributed by atoms with Crippen molar-refractivity contribution in [1.82, 2.24) is 10.5 Å². The molecular formula is C8H11N3O. The number of hydrogen-bond donors (Lipinski definition) is 1. The summed E-state index contributed by atoms with van der Waals surface area (Å²) in [7, 11) is 0. The molecule has 4 nitrogen and oxygen atoms in total. The Morgan fingerprint density at radius 1 is 1.83 bits per heavy atom. The minimum Gasteiger partial charge on any atom is -0.360 e. The molecule has 0 aromatic carbocycles. The van der Waals surface area contributed by atoms with E-state index >= 15 is 0 Å². The van der Waals surface area contributed by atoms with Gasteiger partial charge in [0.1, 0.15) is 0 Å². The van der Waals surface area contributed by atoms with Crippen molar-refractivity contribution in [1.29, 1.82) is 5.26 Å². The highest BCUT2D eigenvalue weighted by molar-refractivity contribution is 4.98. The lowest BCUT2D eigenvalue weighted by Crippen LogP contribution is -2.18. The first-order valence-electron chi connectivity index (χ1n) is 3.85. The van der Waals surface area contributed by atoms with E-state index in [4.69, 9.17) is 9.78 Å². The molecule has 0 amide bonds. The van der Waals surface area contributed by atoms with Gasteiger partial charge in [0.2, 0.25) is 0 Å². The zero-order chi connectivity index (χ0) is 8.81. The van der Waals surface area contributed by atoms with Crippen LogP contribution in [0.3, 0.4) is 0 Å². The Kier molecular flexibility index (Phi) is 3.30. The fourth-order valence-corrected chi connectivity index (χ4v) is 0.894. The summed E-state index contributed by atoms with van der Waals surface area (Å²) in [6.45, 7) is 2.65. The lowest BCUT2D eigenvalue weighted by atomic mass is 10.2. The molecule has 1 atom stereocenters. The van der Waals surface area contributed by atoms with Gasteiger partial charge in [-0.15, -0.1) is 0 Å². The zero-order valence-corrected chi connectivity index (χ0v) is 6.95. The number of hydrogen-bond acceptors (Lipinski definition) is 4. The number of rotatable bonds is 4. The Morgan fingerprint density at radius 3 is 3.25 bits per heavy atom. The summed E-state index contributed by atoms with van der Waals surface area (Å²) in [6.07, 6.45) is 2.12. The molecule has 0 fully saturated rings. The standard InChI is InChI=1S/C8H11N3O/c1-7(10-5-2-4-9)8-3-6-11-12-8/h3,6-7,10H,2,5H2,1H3. The van der Waals surface area contributed by atoms with Crippen LogP contribution < -0.4 is 5.32 Å². The van der Waals surface area contributed by atoms with Gasteiger partial charge in [0.05, 0.1) is 18.3 Å². The molecule has 0 radical (unpaired) electrons. The van der Waals surface area contributed by atoms with E-state index in [-0.39, 0.29) is 6.04 Å². The summed E-state index contributed by atoms with van der Waals surface area (Å²) in [6, 6.07) is 3.99. The Morgan fingerprint density at radius 2 is 2.67 bits per heavy atom. The first-order valence-corrected chi connectivity index (χ1v) is 3.85. The molecule has 0 spiro atoms. The second-order valence-corrected chi connectivity index (χ2v) is 2.50. The van der Waals surface area contributed by atoms with Gasteiger partial charge in [-0.05, 0) is 6.92 Å². The number of nitrogens with one attached hydrogen (secondary N) is 1. The maximum Gasteiger partial charge on any atom is 0.153 e. The number of nitrogens with zero attached hydrogens (tertiary/aromatic N) is 2. The molecule has 1 heterocycles. The number of aromatic nitrogens is 1. The summed E-state index contributed by atoms with van der Waals surface area (Å²) in [5, 5.41) is 15.0. The predicted octanol–water partition coefficient (Wildman–Crippen LogP) is 1.24. The fraction of sp³-hybridized carbons (Fsp3) is 0.500. The third-order valence-electron chi connectivity index (χ3n) is 1.57. The van der Waals surface area contributed by atoms with Crippen LogP contribution in [0.15, 0.2) is 16.8 Å². The molecule has 1 N–H and O–H groups in total. The summed E-state index contributed by atoms with van der Waals surface area (Å²) in [4.78, 5) is 0. The van der Waals surface area contributed by atoms with E-state index in [1.807, 2.05) is 13.0 Å². The highest BCUT2D eigenvalue weighted by atomic mass is 16.5. The minimum absolute atomic E-state index is 0.126.